The number of β-amino-alcohol motifs (C(OH)–C–C–N with tert-alkyl or cyclic N) is 1. The summed E-state index contributed by atoms with van der Waals surface area (Å²) in [6.07, 6.45) is 4.65. The molecule has 9 heteroatoms. The highest BCUT2D eigenvalue weighted by Crippen LogP contribution is 2.20. The number of thioether (sulfide) groups is 1. The van der Waals surface area contributed by atoms with Gasteiger partial charge in [-0.3, -0.25) is 24.4 Å². The van der Waals surface area contributed by atoms with Gasteiger partial charge in [-0.15, -0.1) is 0 Å². The molecule has 0 radical (unpaired) electrons. The fourth-order valence-corrected chi connectivity index (χ4v) is 4.95. The van der Waals surface area contributed by atoms with Crippen molar-refractivity contribution in [2.24, 2.45) is 0 Å². The summed E-state index contributed by atoms with van der Waals surface area (Å²) in [5, 5.41) is 23.9. The lowest BCUT2D eigenvalue weighted by Crippen LogP contribution is -2.59. The number of aliphatic hydroxyl groups is 1. The number of aliphatic hydroxyl groups excluding tert-OH is 1. The van der Waals surface area contributed by atoms with E-state index >= 15 is 0 Å². The van der Waals surface area contributed by atoms with Gasteiger partial charge in [0, 0.05) is 62.0 Å². The van der Waals surface area contributed by atoms with Crippen LogP contribution in [0.15, 0.2) is 42.7 Å². The molecule has 1 aromatic carbocycles. The Morgan fingerprint density at radius 3 is 2.74 bits per heavy atom. The monoisotopic (exact) mass is 486 g/mol. The first-order valence-electron chi connectivity index (χ1n) is 11.4. The van der Waals surface area contributed by atoms with Gasteiger partial charge in [-0.2, -0.15) is 11.8 Å². The third kappa shape index (κ3) is 6.79. The van der Waals surface area contributed by atoms with E-state index in [1.54, 1.807) is 32.2 Å². The van der Waals surface area contributed by atoms with Crippen molar-refractivity contribution in [3.05, 3.63) is 59.4 Å². The summed E-state index contributed by atoms with van der Waals surface area (Å²) in [6, 6.07) is 7.93. The molecule has 3 atom stereocenters. The van der Waals surface area contributed by atoms with Gasteiger partial charge in [0.15, 0.2) is 0 Å². The van der Waals surface area contributed by atoms with E-state index in [1.807, 2.05) is 29.5 Å². The van der Waals surface area contributed by atoms with Crippen molar-refractivity contribution in [3.63, 3.8) is 0 Å². The molecule has 1 aromatic heterocycles. The highest BCUT2D eigenvalue weighted by Gasteiger charge is 2.33. The fraction of sp³-hybridized carbons (Fsp3) is 0.480. The van der Waals surface area contributed by atoms with Gasteiger partial charge in [-0.25, -0.2) is 0 Å². The van der Waals surface area contributed by atoms with E-state index < -0.39 is 12.1 Å². The summed E-state index contributed by atoms with van der Waals surface area (Å²) >= 11 is 1.53. The van der Waals surface area contributed by atoms with E-state index in [4.69, 9.17) is 0 Å². The Bertz CT molecular complexity index is 975. The number of nitrogens with zero attached hydrogens (tertiary/aromatic N) is 3. The number of aromatic nitrogens is 1. The molecule has 2 heterocycles. The molecule has 0 saturated carbocycles. The number of amides is 1. The smallest absolute Gasteiger partial charge is 0.252 e. The lowest BCUT2D eigenvalue weighted by molar-refractivity contribution is -0.125. The topological polar surface area (TPSA) is 106 Å². The zero-order valence-corrected chi connectivity index (χ0v) is 20.8. The molecule has 0 aliphatic carbocycles. The number of Topliss-reactive ketones (excluding diaryl/α,β-unsaturated/α-hetero) is 1. The normalized spacial score (nSPS) is 18.9. The van der Waals surface area contributed by atoms with Crippen molar-refractivity contribution >= 4 is 23.5 Å². The van der Waals surface area contributed by atoms with Crippen molar-refractivity contribution in [1.82, 2.24) is 20.1 Å². The van der Waals surface area contributed by atoms with E-state index in [9.17, 15) is 19.8 Å². The molecule has 3 N–H and O–H groups in total. The van der Waals surface area contributed by atoms with Crippen molar-refractivity contribution in [1.29, 1.82) is 0 Å². The second kappa shape index (κ2) is 12.3. The number of carbonyl (C=O) groups is 2. The minimum absolute atomic E-state index is 0.0584. The zero-order valence-electron chi connectivity index (χ0n) is 20.0. The van der Waals surface area contributed by atoms with Crippen LogP contribution in [0.2, 0.25) is 0 Å². The molecular formula is C25H34N4O4S. The number of phenolic OH excluding ortho intramolecular Hbond substituents is 1. The minimum atomic E-state index is -0.847. The third-order valence-electron chi connectivity index (χ3n) is 6.27. The molecule has 3 rings (SSSR count). The van der Waals surface area contributed by atoms with E-state index in [0.717, 1.165) is 18.7 Å². The number of nitrogens with one attached hydrogen (secondary N) is 1. The number of pyridine rings is 1. The van der Waals surface area contributed by atoms with Gasteiger partial charge in [0.2, 0.25) is 0 Å². The van der Waals surface area contributed by atoms with Crippen LogP contribution < -0.4 is 5.32 Å². The number of rotatable bonds is 10. The first-order chi connectivity index (χ1) is 16.3. The first-order valence-corrected chi connectivity index (χ1v) is 12.8. The third-order valence-corrected chi connectivity index (χ3v) is 6.96. The van der Waals surface area contributed by atoms with Crippen molar-refractivity contribution in [3.8, 4) is 5.75 Å². The molecule has 34 heavy (non-hydrogen) atoms. The molecule has 184 valence electrons. The molecule has 1 fully saturated rings. The highest BCUT2D eigenvalue weighted by molar-refractivity contribution is 7.98. The second-order valence-corrected chi connectivity index (χ2v) is 9.68. The van der Waals surface area contributed by atoms with Gasteiger partial charge in [0.1, 0.15) is 11.5 Å². The molecule has 0 bridgehead atoms. The van der Waals surface area contributed by atoms with Crippen molar-refractivity contribution in [2.75, 3.05) is 38.2 Å². The maximum absolute atomic E-state index is 12.9. The average molecular weight is 487 g/mol. The van der Waals surface area contributed by atoms with Gasteiger partial charge in [0.05, 0.1) is 18.2 Å². The van der Waals surface area contributed by atoms with E-state index in [0.29, 0.717) is 30.0 Å². The molecular weight excluding hydrogens is 452 g/mol. The number of phenols is 1. The number of ketones is 1. The summed E-state index contributed by atoms with van der Waals surface area (Å²) in [4.78, 5) is 33.7. The quantitative estimate of drug-likeness (QED) is 0.466. The summed E-state index contributed by atoms with van der Waals surface area (Å²) in [5.74, 6) is 0.305. The van der Waals surface area contributed by atoms with Crippen molar-refractivity contribution in [2.45, 2.75) is 38.6 Å². The van der Waals surface area contributed by atoms with Crippen LogP contribution in [0.5, 0.6) is 5.75 Å². The van der Waals surface area contributed by atoms with Gasteiger partial charge >= 0.3 is 0 Å². The lowest BCUT2D eigenvalue weighted by atomic mass is 10.0. The molecule has 1 aliphatic heterocycles. The highest BCUT2D eigenvalue weighted by atomic mass is 32.2. The maximum Gasteiger partial charge on any atom is 0.252 e. The standard InChI is InChI=1S/C25H34N4O4S/c1-17-20(7-4-8-23(17)31)25(33)27-21(16-34-3)24(32)15-29-11-10-28(14-22(29)18(2)30)13-19-6-5-9-26-12-19/h4-9,12,21-22,24,31-32H,10-11,13-16H2,1-3H3,(H,27,33)/t21?,22-,24?/m0/s1. The predicted molar refractivity (Wildman–Crippen MR) is 134 cm³/mol. The van der Waals surface area contributed by atoms with Gasteiger partial charge < -0.3 is 15.5 Å². The number of hydrogen-bond acceptors (Lipinski definition) is 8. The number of carbonyl (C=O) groups excluding carboxylic acids is 2. The Balaban J connectivity index is 1.64. The molecule has 1 saturated heterocycles. The van der Waals surface area contributed by atoms with Gasteiger partial charge in [-0.1, -0.05) is 12.1 Å². The first kappa shape index (κ1) is 26.2. The Morgan fingerprint density at radius 2 is 2.06 bits per heavy atom. The lowest BCUT2D eigenvalue weighted by Gasteiger charge is -2.41. The minimum Gasteiger partial charge on any atom is -0.508 e. The summed E-state index contributed by atoms with van der Waals surface area (Å²) in [7, 11) is 0. The van der Waals surface area contributed by atoms with Crippen LogP contribution in [-0.4, -0.2) is 93.1 Å². The number of benzene rings is 1. The zero-order chi connectivity index (χ0) is 24.7. The van der Waals surface area contributed by atoms with Gasteiger partial charge in [0.25, 0.3) is 5.91 Å². The van der Waals surface area contributed by atoms with Crippen LogP contribution in [-0.2, 0) is 11.3 Å². The number of piperazine rings is 1. The predicted octanol–water partition coefficient (Wildman–Crippen LogP) is 1.69. The van der Waals surface area contributed by atoms with Crippen LogP contribution in [0.25, 0.3) is 0 Å². The van der Waals surface area contributed by atoms with Gasteiger partial charge in [-0.05, 0) is 43.9 Å². The molecule has 1 aliphatic rings. The molecule has 2 aromatic rings. The van der Waals surface area contributed by atoms with E-state index in [1.165, 1.54) is 17.8 Å². The summed E-state index contributed by atoms with van der Waals surface area (Å²) < 4.78 is 0. The second-order valence-electron chi connectivity index (χ2n) is 8.77. The number of aromatic hydroxyl groups is 1. The van der Waals surface area contributed by atoms with Crippen LogP contribution in [0, 0.1) is 6.92 Å². The summed E-state index contributed by atoms with van der Waals surface area (Å²) in [5.41, 5.74) is 1.98. The van der Waals surface area contributed by atoms with Crippen LogP contribution in [0.3, 0.4) is 0 Å². The van der Waals surface area contributed by atoms with Crippen LogP contribution in [0.1, 0.15) is 28.4 Å². The Hall–Kier alpha value is -2.46. The number of hydrogen-bond donors (Lipinski definition) is 3. The largest absolute Gasteiger partial charge is 0.508 e. The summed E-state index contributed by atoms with van der Waals surface area (Å²) in [6.45, 7) is 6.29. The SMILES string of the molecule is CSCC(NC(=O)c1cccc(O)c1C)C(O)CN1CCN(Cc2cccnc2)C[C@H]1C(C)=O. The Kier molecular flexibility index (Phi) is 9.46. The molecule has 8 nitrogen and oxygen atoms in total. The average Bonchev–Trinajstić information content (AvgIpc) is 2.82. The van der Waals surface area contributed by atoms with Crippen LogP contribution >= 0.6 is 11.8 Å². The Morgan fingerprint density at radius 1 is 1.26 bits per heavy atom. The molecule has 1 amide bonds. The molecule has 0 spiro atoms. The molecule has 2 unspecified atom stereocenters. The van der Waals surface area contributed by atoms with E-state index in [2.05, 4.69) is 15.2 Å². The van der Waals surface area contributed by atoms with E-state index in [-0.39, 0.29) is 30.0 Å². The Labute approximate surface area is 205 Å². The van der Waals surface area contributed by atoms with Crippen molar-refractivity contribution < 1.29 is 19.8 Å². The van der Waals surface area contributed by atoms with Crippen LogP contribution in [0.4, 0.5) is 0 Å². The fourth-order valence-electron chi connectivity index (χ4n) is 4.29. The maximum atomic E-state index is 12.9.